The molecule has 5 heteroatoms. The van der Waals surface area contributed by atoms with Crippen molar-refractivity contribution in [2.75, 3.05) is 18.0 Å². The van der Waals surface area contributed by atoms with Gasteiger partial charge in [0.1, 0.15) is 0 Å². The standard InChI is InChI=1S/C14H19N3O2/c1-14(2,3)16-12(18)10-4-6-11(7-5-10)17-9-8-15-13(17)19/h4-7H,8-9H2,1-3H3,(H,15,19)(H,16,18). The summed E-state index contributed by atoms with van der Waals surface area (Å²) in [6, 6.07) is 6.97. The highest BCUT2D eigenvalue weighted by molar-refractivity contribution is 5.97. The van der Waals surface area contributed by atoms with Gasteiger partial charge in [-0.1, -0.05) is 0 Å². The van der Waals surface area contributed by atoms with Gasteiger partial charge in [-0.05, 0) is 45.0 Å². The van der Waals surface area contributed by atoms with E-state index in [1.807, 2.05) is 20.8 Å². The van der Waals surface area contributed by atoms with Crippen LogP contribution in [0.4, 0.5) is 10.5 Å². The summed E-state index contributed by atoms with van der Waals surface area (Å²) < 4.78 is 0. The van der Waals surface area contributed by atoms with Crippen molar-refractivity contribution in [2.45, 2.75) is 26.3 Å². The van der Waals surface area contributed by atoms with Crippen LogP contribution in [0.1, 0.15) is 31.1 Å². The first kappa shape index (κ1) is 13.4. The van der Waals surface area contributed by atoms with Crippen molar-refractivity contribution in [2.24, 2.45) is 0 Å². The van der Waals surface area contributed by atoms with Gasteiger partial charge in [0.25, 0.3) is 5.91 Å². The molecule has 0 saturated carbocycles. The number of carbonyl (C=O) groups excluding carboxylic acids is 2. The number of anilines is 1. The Labute approximate surface area is 113 Å². The fourth-order valence-corrected chi connectivity index (χ4v) is 1.92. The lowest BCUT2D eigenvalue weighted by Crippen LogP contribution is -2.40. The zero-order valence-corrected chi connectivity index (χ0v) is 11.5. The van der Waals surface area contributed by atoms with Crippen molar-refractivity contribution in [3.8, 4) is 0 Å². The molecule has 2 N–H and O–H groups in total. The minimum atomic E-state index is -0.259. The third kappa shape index (κ3) is 3.24. The first-order valence-corrected chi connectivity index (χ1v) is 6.35. The molecular weight excluding hydrogens is 242 g/mol. The van der Waals surface area contributed by atoms with Crippen molar-refractivity contribution in [1.29, 1.82) is 0 Å². The summed E-state index contributed by atoms with van der Waals surface area (Å²) in [4.78, 5) is 25.1. The molecule has 3 amide bonds. The molecule has 0 aliphatic carbocycles. The smallest absolute Gasteiger partial charge is 0.321 e. The Morgan fingerprint density at radius 2 is 1.89 bits per heavy atom. The summed E-state index contributed by atoms with van der Waals surface area (Å²) in [6.07, 6.45) is 0. The van der Waals surface area contributed by atoms with Crippen LogP contribution in [0.2, 0.25) is 0 Å². The van der Waals surface area contributed by atoms with E-state index < -0.39 is 0 Å². The van der Waals surface area contributed by atoms with Gasteiger partial charge in [-0.25, -0.2) is 4.79 Å². The van der Waals surface area contributed by atoms with Gasteiger partial charge in [-0.15, -0.1) is 0 Å². The van der Waals surface area contributed by atoms with Crippen LogP contribution < -0.4 is 15.5 Å². The average molecular weight is 261 g/mol. The monoisotopic (exact) mass is 261 g/mol. The Hall–Kier alpha value is -2.04. The number of hydrogen-bond donors (Lipinski definition) is 2. The largest absolute Gasteiger partial charge is 0.347 e. The highest BCUT2D eigenvalue weighted by Crippen LogP contribution is 2.17. The summed E-state index contributed by atoms with van der Waals surface area (Å²) in [6.45, 7) is 7.13. The summed E-state index contributed by atoms with van der Waals surface area (Å²) >= 11 is 0. The first-order valence-electron chi connectivity index (χ1n) is 6.35. The van der Waals surface area contributed by atoms with Crippen LogP contribution in [-0.4, -0.2) is 30.6 Å². The van der Waals surface area contributed by atoms with E-state index in [9.17, 15) is 9.59 Å². The zero-order valence-electron chi connectivity index (χ0n) is 11.5. The molecule has 1 heterocycles. The van der Waals surface area contributed by atoms with Crippen molar-refractivity contribution in [1.82, 2.24) is 10.6 Å². The van der Waals surface area contributed by atoms with Crippen LogP contribution in [0, 0.1) is 0 Å². The van der Waals surface area contributed by atoms with Gasteiger partial charge in [0.2, 0.25) is 0 Å². The molecule has 1 aliphatic rings. The number of nitrogens with zero attached hydrogens (tertiary/aromatic N) is 1. The molecule has 0 bridgehead atoms. The molecule has 0 spiro atoms. The van der Waals surface area contributed by atoms with Crippen LogP contribution in [0.5, 0.6) is 0 Å². The molecule has 0 aromatic heterocycles. The number of urea groups is 1. The average Bonchev–Trinajstić information content (AvgIpc) is 2.73. The number of carbonyl (C=O) groups is 2. The van der Waals surface area contributed by atoms with E-state index in [-0.39, 0.29) is 17.5 Å². The summed E-state index contributed by atoms with van der Waals surface area (Å²) in [7, 11) is 0. The number of rotatable bonds is 2. The lowest BCUT2D eigenvalue weighted by Gasteiger charge is -2.21. The van der Waals surface area contributed by atoms with E-state index in [1.54, 1.807) is 29.2 Å². The highest BCUT2D eigenvalue weighted by atomic mass is 16.2. The van der Waals surface area contributed by atoms with Crippen LogP contribution in [0.15, 0.2) is 24.3 Å². The Bertz CT molecular complexity index is 488. The van der Waals surface area contributed by atoms with Crippen molar-refractivity contribution in [3.63, 3.8) is 0 Å². The highest BCUT2D eigenvalue weighted by Gasteiger charge is 2.21. The molecule has 0 unspecified atom stereocenters. The predicted molar refractivity (Wildman–Crippen MR) is 74.4 cm³/mol. The lowest BCUT2D eigenvalue weighted by atomic mass is 10.1. The fourth-order valence-electron chi connectivity index (χ4n) is 1.92. The molecule has 0 atom stereocenters. The molecule has 0 radical (unpaired) electrons. The van der Waals surface area contributed by atoms with E-state index in [0.717, 1.165) is 5.69 Å². The summed E-state index contributed by atoms with van der Waals surface area (Å²) in [5.41, 5.74) is 1.14. The van der Waals surface area contributed by atoms with E-state index in [1.165, 1.54) is 0 Å². The van der Waals surface area contributed by atoms with Gasteiger partial charge in [-0.2, -0.15) is 0 Å². The second-order valence-electron chi connectivity index (χ2n) is 5.63. The Morgan fingerprint density at radius 1 is 1.26 bits per heavy atom. The molecule has 2 rings (SSSR count). The fraction of sp³-hybridized carbons (Fsp3) is 0.429. The summed E-state index contributed by atoms with van der Waals surface area (Å²) in [5.74, 6) is -0.107. The molecule has 1 aromatic rings. The Balaban J connectivity index is 2.10. The van der Waals surface area contributed by atoms with E-state index in [0.29, 0.717) is 18.7 Å². The van der Waals surface area contributed by atoms with Gasteiger partial charge >= 0.3 is 6.03 Å². The number of benzene rings is 1. The van der Waals surface area contributed by atoms with Crippen molar-refractivity contribution >= 4 is 17.6 Å². The van der Waals surface area contributed by atoms with E-state index in [4.69, 9.17) is 0 Å². The molecule has 5 nitrogen and oxygen atoms in total. The van der Waals surface area contributed by atoms with Gasteiger partial charge in [0, 0.05) is 29.9 Å². The van der Waals surface area contributed by atoms with Crippen molar-refractivity contribution < 1.29 is 9.59 Å². The van der Waals surface area contributed by atoms with Crippen LogP contribution in [-0.2, 0) is 0 Å². The molecule has 1 aromatic carbocycles. The molecule has 1 saturated heterocycles. The quantitative estimate of drug-likeness (QED) is 0.852. The second-order valence-corrected chi connectivity index (χ2v) is 5.63. The van der Waals surface area contributed by atoms with Gasteiger partial charge in [0.05, 0.1) is 0 Å². The number of hydrogen-bond acceptors (Lipinski definition) is 2. The summed E-state index contributed by atoms with van der Waals surface area (Å²) in [5, 5.41) is 5.65. The maximum atomic E-state index is 12.0. The number of amides is 3. The first-order chi connectivity index (χ1) is 8.87. The Kier molecular flexibility index (Phi) is 3.46. The third-order valence-corrected chi connectivity index (χ3v) is 2.79. The third-order valence-electron chi connectivity index (χ3n) is 2.79. The minimum Gasteiger partial charge on any atom is -0.347 e. The topological polar surface area (TPSA) is 61.4 Å². The maximum Gasteiger partial charge on any atom is 0.321 e. The number of nitrogens with one attached hydrogen (secondary N) is 2. The van der Waals surface area contributed by atoms with Gasteiger partial charge in [-0.3, -0.25) is 9.69 Å². The van der Waals surface area contributed by atoms with Gasteiger partial charge in [0.15, 0.2) is 0 Å². The molecule has 19 heavy (non-hydrogen) atoms. The molecule has 102 valence electrons. The normalized spacial score (nSPS) is 15.3. The van der Waals surface area contributed by atoms with Crippen molar-refractivity contribution in [3.05, 3.63) is 29.8 Å². The van der Waals surface area contributed by atoms with Crippen LogP contribution in [0.25, 0.3) is 0 Å². The molecule has 1 aliphatic heterocycles. The van der Waals surface area contributed by atoms with E-state index in [2.05, 4.69) is 10.6 Å². The molecule has 1 fully saturated rings. The SMILES string of the molecule is CC(C)(C)NC(=O)c1ccc(N2CCNC2=O)cc1. The van der Waals surface area contributed by atoms with Gasteiger partial charge < -0.3 is 10.6 Å². The Morgan fingerprint density at radius 3 is 2.37 bits per heavy atom. The van der Waals surface area contributed by atoms with Crippen LogP contribution >= 0.6 is 0 Å². The minimum absolute atomic E-state index is 0.0908. The molecular formula is C14H19N3O2. The van der Waals surface area contributed by atoms with Crippen LogP contribution in [0.3, 0.4) is 0 Å². The second kappa shape index (κ2) is 4.91. The van der Waals surface area contributed by atoms with E-state index >= 15 is 0 Å². The maximum absolute atomic E-state index is 12.0. The lowest BCUT2D eigenvalue weighted by molar-refractivity contribution is 0.0919. The predicted octanol–water partition coefficient (Wildman–Crippen LogP) is 1.74. The zero-order chi connectivity index (χ0) is 14.0.